The van der Waals surface area contributed by atoms with Crippen molar-refractivity contribution in [3.63, 3.8) is 0 Å². The summed E-state index contributed by atoms with van der Waals surface area (Å²) < 4.78 is 42.7. The van der Waals surface area contributed by atoms with Crippen molar-refractivity contribution in [2.45, 2.75) is 12.6 Å². The second kappa shape index (κ2) is 11.6. The molecule has 9 heteroatoms. The molecule has 1 aromatic heterocycles. The first-order chi connectivity index (χ1) is 12.5. The summed E-state index contributed by atoms with van der Waals surface area (Å²) in [6, 6.07) is 12.2. The number of benzene rings is 1. The van der Waals surface area contributed by atoms with Crippen molar-refractivity contribution in [2.75, 3.05) is 26.7 Å². The molecule has 0 fully saturated rings. The van der Waals surface area contributed by atoms with Gasteiger partial charge in [-0.1, -0.05) is 30.3 Å². The Morgan fingerprint density at radius 3 is 2.37 bits per heavy atom. The summed E-state index contributed by atoms with van der Waals surface area (Å²) in [4.78, 5) is 7.75. The lowest BCUT2D eigenvalue weighted by molar-refractivity contribution is -0.137. The van der Waals surface area contributed by atoms with E-state index in [0.29, 0.717) is 12.5 Å². The van der Waals surface area contributed by atoms with E-state index >= 15 is 0 Å². The van der Waals surface area contributed by atoms with Crippen LogP contribution in [0.4, 0.5) is 13.2 Å². The van der Waals surface area contributed by atoms with Crippen LogP contribution in [-0.2, 0) is 12.6 Å². The predicted molar refractivity (Wildman–Crippen MR) is 110 cm³/mol. The molecule has 0 saturated carbocycles. The van der Waals surface area contributed by atoms with Crippen LogP contribution in [-0.4, -0.2) is 37.7 Å². The van der Waals surface area contributed by atoms with E-state index in [1.165, 1.54) is 11.6 Å². The molecule has 5 nitrogen and oxygen atoms in total. The summed E-state index contributed by atoms with van der Waals surface area (Å²) in [6.45, 7) is 1.41. The number of nitrogens with zero attached hydrogens (tertiary/aromatic N) is 2. The fourth-order valence-electron chi connectivity index (χ4n) is 2.15. The molecule has 0 bridgehead atoms. The van der Waals surface area contributed by atoms with E-state index in [9.17, 15) is 13.2 Å². The number of alkyl halides is 3. The summed E-state index contributed by atoms with van der Waals surface area (Å²) in [7, 11) is 1.66. The summed E-state index contributed by atoms with van der Waals surface area (Å²) in [6.07, 6.45) is -2.77. The minimum Gasteiger partial charge on any atom is -0.476 e. The van der Waals surface area contributed by atoms with Crippen molar-refractivity contribution >= 4 is 29.9 Å². The summed E-state index contributed by atoms with van der Waals surface area (Å²) in [5, 5.41) is 6.25. The largest absolute Gasteiger partial charge is 0.476 e. The average Bonchev–Trinajstić information content (AvgIpc) is 2.64. The lowest BCUT2D eigenvalue weighted by Gasteiger charge is -2.12. The zero-order valence-electron chi connectivity index (χ0n) is 14.8. The highest BCUT2D eigenvalue weighted by Gasteiger charge is 2.30. The molecule has 0 atom stereocenters. The number of hydrogen-bond acceptors (Lipinski definition) is 3. The smallest absolute Gasteiger partial charge is 0.417 e. The van der Waals surface area contributed by atoms with Crippen molar-refractivity contribution in [3.8, 4) is 5.88 Å². The number of ether oxygens (including phenoxy) is 1. The standard InChI is InChI=1S/C18H21F3N4O.HI/c1-22-17(23-10-9-14-5-3-2-4-6-14)24-11-12-26-16-8-7-15(13-25-16)18(19,20)21;/h2-8,13H,9-12H2,1H3,(H2,22,23,24);1H. The van der Waals surface area contributed by atoms with Gasteiger partial charge in [0.15, 0.2) is 5.96 Å². The molecule has 2 N–H and O–H groups in total. The second-order valence-electron chi connectivity index (χ2n) is 5.39. The van der Waals surface area contributed by atoms with Crippen LogP contribution in [0.25, 0.3) is 0 Å². The van der Waals surface area contributed by atoms with E-state index in [0.717, 1.165) is 25.2 Å². The SMILES string of the molecule is CN=C(NCCOc1ccc(C(F)(F)F)cn1)NCCc1ccccc1.I. The number of hydrogen-bond donors (Lipinski definition) is 2. The number of aliphatic imine (C=N–C) groups is 1. The summed E-state index contributed by atoms with van der Waals surface area (Å²) >= 11 is 0. The zero-order chi connectivity index (χ0) is 18.8. The van der Waals surface area contributed by atoms with Gasteiger partial charge in [-0.05, 0) is 18.1 Å². The van der Waals surface area contributed by atoms with Gasteiger partial charge < -0.3 is 15.4 Å². The van der Waals surface area contributed by atoms with E-state index in [2.05, 4.69) is 32.7 Å². The summed E-state index contributed by atoms with van der Waals surface area (Å²) in [5.74, 6) is 0.775. The van der Waals surface area contributed by atoms with Crippen molar-refractivity contribution < 1.29 is 17.9 Å². The Bertz CT molecular complexity index is 694. The third kappa shape index (κ3) is 8.46. The van der Waals surface area contributed by atoms with E-state index in [1.54, 1.807) is 7.05 Å². The highest BCUT2D eigenvalue weighted by molar-refractivity contribution is 14.0. The Morgan fingerprint density at radius 2 is 1.78 bits per heavy atom. The number of pyridine rings is 1. The van der Waals surface area contributed by atoms with Gasteiger partial charge in [-0.3, -0.25) is 4.99 Å². The van der Waals surface area contributed by atoms with Gasteiger partial charge in [-0.25, -0.2) is 4.98 Å². The van der Waals surface area contributed by atoms with Gasteiger partial charge in [0.05, 0.1) is 12.1 Å². The molecule has 0 aliphatic rings. The minimum atomic E-state index is -4.40. The zero-order valence-corrected chi connectivity index (χ0v) is 17.1. The van der Waals surface area contributed by atoms with Crippen LogP contribution in [0.15, 0.2) is 53.7 Å². The topological polar surface area (TPSA) is 58.5 Å². The molecule has 2 aromatic rings. The first kappa shape index (κ1) is 23.0. The van der Waals surface area contributed by atoms with Gasteiger partial charge in [0.25, 0.3) is 0 Å². The molecule has 0 radical (unpaired) electrons. The Balaban J connectivity index is 0.00000364. The molecular weight excluding hydrogens is 472 g/mol. The van der Waals surface area contributed by atoms with Gasteiger partial charge >= 0.3 is 6.18 Å². The predicted octanol–water partition coefficient (Wildman–Crippen LogP) is 3.50. The maximum absolute atomic E-state index is 12.5. The Morgan fingerprint density at radius 1 is 1.07 bits per heavy atom. The number of nitrogens with one attached hydrogen (secondary N) is 2. The fourth-order valence-corrected chi connectivity index (χ4v) is 2.15. The molecule has 1 aromatic carbocycles. The van der Waals surface area contributed by atoms with Gasteiger partial charge in [-0.15, -0.1) is 24.0 Å². The van der Waals surface area contributed by atoms with E-state index in [4.69, 9.17) is 4.74 Å². The molecule has 0 amide bonds. The lowest BCUT2D eigenvalue weighted by atomic mass is 10.1. The third-order valence-electron chi connectivity index (χ3n) is 3.48. The Labute approximate surface area is 173 Å². The van der Waals surface area contributed by atoms with Crippen LogP contribution in [0.1, 0.15) is 11.1 Å². The van der Waals surface area contributed by atoms with Gasteiger partial charge in [0.2, 0.25) is 5.88 Å². The first-order valence-corrected chi connectivity index (χ1v) is 8.13. The molecule has 0 aliphatic carbocycles. The number of halogens is 4. The maximum atomic E-state index is 12.5. The monoisotopic (exact) mass is 494 g/mol. The third-order valence-corrected chi connectivity index (χ3v) is 3.48. The molecule has 148 valence electrons. The van der Waals surface area contributed by atoms with Gasteiger partial charge in [-0.2, -0.15) is 13.2 Å². The van der Waals surface area contributed by atoms with Gasteiger partial charge in [0.1, 0.15) is 6.61 Å². The van der Waals surface area contributed by atoms with Crippen molar-refractivity contribution in [2.24, 2.45) is 4.99 Å². The van der Waals surface area contributed by atoms with E-state index in [-0.39, 0.29) is 36.5 Å². The molecule has 0 unspecified atom stereocenters. The molecule has 0 saturated heterocycles. The number of aromatic nitrogens is 1. The van der Waals surface area contributed by atoms with E-state index in [1.807, 2.05) is 18.2 Å². The fraction of sp³-hybridized carbons (Fsp3) is 0.333. The molecule has 0 aliphatic heterocycles. The van der Waals surface area contributed by atoms with Crippen molar-refractivity contribution in [1.29, 1.82) is 0 Å². The summed E-state index contributed by atoms with van der Waals surface area (Å²) in [5.41, 5.74) is 0.429. The minimum absolute atomic E-state index is 0. The van der Waals surface area contributed by atoms with Crippen LogP contribution in [0.5, 0.6) is 5.88 Å². The van der Waals surface area contributed by atoms with Crippen LogP contribution in [0, 0.1) is 0 Å². The first-order valence-electron chi connectivity index (χ1n) is 8.13. The second-order valence-corrected chi connectivity index (χ2v) is 5.39. The molecular formula is C18H22F3IN4O. The molecule has 0 spiro atoms. The Kier molecular flexibility index (Phi) is 9.90. The van der Waals surface area contributed by atoms with Crippen LogP contribution < -0.4 is 15.4 Å². The van der Waals surface area contributed by atoms with E-state index < -0.39 is 11.7 Å². The normalized spacial score (nSPS) is 11.5. The lowest BCUT2D eigenvalue weighted by Crippen LogP contribution is -2.40. The highest BCUT2D eigenvalue weighted by atomic mass is 127. The van der Waals surface area contributed by atoms with Crippen LogP contribution in [0.3, 0.4) is 0 Å². The van der Waals surface area contributed by atoms with Crippen LogP contribution in [0.2, 0.25) is 0 Å². The Hall–Kier alpha value is -2.04. The van der Waals surface area contributed by atoms with Crippen LogP contribution >= 0.6 is 24.0 Å². The highest BCUT2D eigenvalue weighted by Crippen LogP contribution is 2.29. The van der Waals surface area contributed by atoms with Crippen molar-refractivity contribution in [3.05, 3.63) is 59.8 Å². The number of rotatable bonds is 7. The van der Waals surface area contributed by atoms with Crippen molar-refractivity contribution in [1.82, 2.24) is 15.6 Å². The van der Waals surface area contributed by atoms with Gasteiger partial charge in [0, 0.05) is 25.9 Å². The quantitative estimate of drug-likeness (QED) is 0.268. The molecule has 1 heterocycles. The molecule has 2 rings (SSSR count). The molecule has 27 heavy (non-hydrogen) atoms. The number of guanidine groups is 1. The average molecular weight is 494 g/mol. The maximum Gasteiger partial charge on any atom is 0.417 e.